The summed E-state index contributed by atoms with van der Waals surface area (Å²) in [5.74, 6) is 0.306. The standard InChI is InChI=1S/C6H12FN/c7-6(4-8)5-2-1-3-5/h5-6H,1-4,8H2/t6-/m0/s1. The van der Waals surface area contributed by atoms with Gasteiger partial charge in [0, 0.05) is 6.54 Å². The van der Waals surface area contributed by atoms with E-state index in [2.05, 4.69) is 0 Å². The summed E-state index contributed by atoms with van der Waals surface area (Å²) in [6.07, 6.45) is 2.59. The monoisotopic (exact) mass is 117 g/mol. The van der Waals surface area contributed by atoms with Crippen molar-refractivity contribution in [2.75, 3.05) is 6.54 Å². The number of nitrogens with two attached hydrogens (primary N) is 1. The molecule has 0 unspecified atom stereocenters. The van der Waals surface area contributed by atoms with Crippen LogP contribution in [0, 0.1) is 5.92 Å². The van der Waals surface area contributed by atoms with Crippen LogP contribution in [0.2, 0.25) is 0 Å². The highest BCUT2D eigenvalue weighted by molar-refractivity contribution is 4.77. The van der Waals surface area contributed by atoms with Crippen LogP contribution in [0.4, 0.5) is 4.39 Å². The fraction of sp³-hybridized carbons (Fsp3) is 1.00. The molecule has 1 nitrogen and oxygen atoms in total. The van der Waals surface area contributed by atoms with E-state index < -0.39 is 6.17 Å². The smallest absolute Gasteiger partial charge is 0.115 e. The first-order chi connectivity index (χ1) is 3.84. The van der Waals surface area contributed by atoms with Gasteiger partial charge in [0.25, 0.3) is 0 Å². The molecule has 1 saturated carbocycles. The molecule has 0 aromatic carbocycles. The van der Waals surface area contributed by atoms with Gasteiger partial charge in [0.15, 0.2) is 0 Å². The third kappa shape index (κ3) is 0.996. The third-order valence-corrected chi connectivity index (χ3v) is 1.89. The average Bonchev–Trinajstić information content (AvgIpc) is 1.62. The van der Waals surface area contributed by atoms with E-state index in [1.807, 2.05) is 0 Å². The molecular formula is C6H12FN. The molecule has 0 aliphatic heterocycles. The van der Waals surface area contributed by atoms with Crippen molar-refractivity contribution < 1.29 is 4.39 Å². The van der Waals surface area contributed by atoms with Crippen LogP contribution < -0.4 is 5.73 Å². The van der Waals surface area contributed by atoms with E-state index in [9.17, 15) is 4.39 Å². The zero-order valence-corrected chi connectivity index (χ0v) is 4.94. The maximum absolute atomic E-state index is 12.5. The summed E-state index contributed by atoms with van der Waals surface area (Å²) in [6.45, 7) is 0.213. The molecule has 0 saturated heterocycles. The summed E-state index contributed by atoms with van der Waals surface area (Å²) in [4.78, 5) is 0. The Balaban J connectivity index is 2.13. The van der Waals surface area contributed by atoms with Crippen LogP contribution in [-0.2, 0) is 0 Å². The Hall–Kier alpha value is -0.110. The van der Waals surface area contributed by atoms with Gasteiger partial charge in [-0.25, -0.2) is 4.39 Å². The lowest BCUT2D eigenvalue weighted by atomic mass is 9.82. The van der Waals surface area contributed by atoms with E-state index in [1.54, 1.807) is 0 Å². The predicted octanol–water partition coefficient (Wildman–Crippen LogP) is 1.08. The second-order valence-corrected chi connectivity index (χ2v) is 2.44. The van der Waals surface area contributed by atoms with Crippen LogP contribution in [0.1, 0.15) is 19.3 Å². The lowest BCUT2D eigenvalue weighted by molar-refractivity contribution is 0.155. The van der Waals surface area contributed by atoms with Gasteiger partial charge >= 0.3 is 0 Å². The van der Waals surface area contributed by atoms with Crippen LogP contribution in [0.5, 0.6) is 0 Å². The minimum absolute atomic E-state index is 0.213. The topological polar surface area (TPSA) is 26.0 Å². The van der Waals surface area contributed by atoms with Crippen LogP contribution >= 0.6 is 0 Å². The van der Waals surface area contributed by atoms with Gasteiger partial charge in [0.05, 0.1) is 0 Å². The Morgan fingerprint density at radius 1 is 1.62 bits per heavy atom. The van der Waals surface area contributed by atoms with Crippen molar-refractivity contribution in [2.45, 2.75) is 25.4 Å². The van der Waals surface area contributed by atoms with Crippen molar-refractivity contribution in [2.24, 2.45) is 11.7 Å². The number of hydrogen-bond donors (Lipinski definition) is 1. The zero-order valence-electron chi connectivity index (χ0n) is 4.94. The highest BCUT2D eigenvalue weighted by Gasteiger charge is 2.25. The molecule has 1 aliphatic carbocycles. The molecule has 0 aromatic rings. The highest BCUT2D eigenvalue weighted by Crippen LogP contribution is 2.30. The van der Waals surface area contributed by atoms with Crippen molar-refractivity contribution in [1.82, 2.24) is 0 Å². The fourth-order valence-corrected chi connectivity index (χ4v) is 0.994. The fourth-order valence-electron chi connectivity index (χ4n) is 0.994. The summed E-state index contributed by atoms with van der Waals surface area (Å²) >= 11 is 0. The van der Waals surface area contributed by atoms with Crippen LogP contribution in [-0.4, -0.2) is 12.7 Å². The molecule has 0 bridgehead atoms. The van der Waals surface area contributed by atoms with Crippen molar-refractivity contribution in [3.8, 4) is 0 Å². The molecule has 0 radical (unpaired) electrons. The first-order valence-corrected chi connectivity index (χ1v) is 3.18. The second-order valence-electron chi connectivity index (χ2n) is 2.44. The van der Waals surface area contributed by atoms with Gasteiger partial charge in [-0.3, -0.25) is 0 Å². The van der Waals surface area contributed by atoms with Gasteiger partial charge in [-0.2, -0.15) is 0 Å². The van der Waals surface area contributed by atoms with E-state index in [4.69, 9.17) is 5.73 Å². The molecule has 1 aliphatic rings. The van der Waals surface area contributed by atoms with Gasteiger partial charge in [0.2, 0.25) is 0 Å². The van der Waals surface area contributed by atoms with Gasteiger partial charge in [-0.05, 0) is 18.8 Å². The number of alkyl halides is 1. The first-order valence-electron chi connectivity index (χ1n) is 3.18. The number of rotatable bonds is 2. The zero-order chi connectivity index (χ0) is 5.98. The van der Waals surface area contributed by atoms with E-state index in [-0.39, 0.29) is 6.54 Å². The minimum Gasteiger partial charge on any atom is -0.328 e. The summed E-state index contributed by atoms with van der Waals surface area (Å²) < 4.78 is 12.5. The molecule has 0 heterocycles. The SMILES string of the molecule is NC[C@H](F)C1CCC1. The molecule has 8 heavy (non-hydrogen) atoms. The van der Waals surface area contributed by atoms with Gasteiger partial charge in [0.1, 0.15) is 6.17 Å². The Bertz CT molecular complexity index is 68.2. The molecule has 1 rings (SSSR count). The Kier molecular flexibility index (Phi) is 1.84. The van der Waals surface area contributed by atoms with Crippen molar-refractivity contribution in [3.05, 3.63) is 0 Å². The minimum atomic E-state index is -0.719. The Morgan fingerprint density at radius 2 is 2.25 bits per heavy atom. The van der Waals surface area contributed by atoms with Gasteiger partial charge in [-0.15, -0.1) is 0 Å². The molecule has 1 fully saturated rings. The molecule has 0 amide bonds. The highest BCUT2D eigenvalue weighted by atomic mass is 19.1. The quantitative estimate of drug-likeness (QED) is 0.575. The van der Waals surface area contributed by atoms with Gasteiger partial charge in [-0.1, -0.05) is 6.42 Å². The van der Waals surface area contributed by atoms with Crippen molar-refractivity contribution in [3.63, 3.8) is 0 Å². The lowest BCUT2D eigenvalue weighted by Gasteiger charge is -2.27. The lowest BCUT2D eigenvalue weighted by Crippen LogP contribution is -2.29. The average molecular weight is 117 g/mol. The molecule has 2 N–H and O–H groups in total. The van der Waals surface area contributed by atoms with E-state index in [0.717, 1.165) is 12.8 Å². The number of halogens is 1. The van der Waals surface area contributed by atoms with Crippen molar-refractivity contribution in [1.29, 1.82) is 0 Å². The summed E-state index contributed by atoms with van der Waals surface area (Å²) in [5.41, 5.74) is 5.11. The Morgan fingerprint density at radius 3 is 2.38 bits per heavy atom. The van der Waals surface area contributed by atoms with E-state index in [0.29, 0.717) is 5.92 Å². The van der Waals surface area contributed by atoms with Gasteiger partial charge < -0.3 is 5.73 Å². The van der Waals surface area contributed by atoms with Crippen LogP contribution in [0.25, 0.3) is 0 Å². The van der Waals surface area contributed by atoms with Crippen molar-refractivity contribution >= 4 is 0 Å². The number of hydrogen-bond acceptors (Lipinski definition) is 1. The molecule has 1 atom stereocenters. The normalized spacial score (nSPS) is 24.8. The largest absolute Gasteiger partial charge is 0.328 e. The third-order valence-electron chi connectivity index (χ3n) is 1.89. The van der Waals surface area contributed by atoms with E-state index >= 15 is 0 Å². The molecule has 0 aromatic heterocycles. The summed E-state index contributed by atoms with van der Waals surface area (Å²) in [7, 11) is 0. The van der Waals surface area contributed by atoms with Crippen LogP contribution in [0.3, 0.4) is 0 Å². The Labute approximate surface area is 49.1 Å². The summed E-state index contributed by atoms with van der Waals surface area (Å²) in [6, 6.07) is 0. The van der Waals surface area contributed by atoms with E-state index in [1.165, 1.54) is 6.42 Å². The molecule has 0 spiro atoms. The summed E-state index contributed by atoms with van der Waals surface area (Å²) in [5, 5.41) is 0. The second kappa shape index (κ2) is 2.44. The predicted molar refractivity (Wildman–Crippen MR) is 31.3 cm³/mol. The molecule has 2 heteroatoms. The maximum Gasteiger partial charge on any atom is 0.115 e. The maximum atomic E-state index is 12.5. The first kappa shape index (κ1) is 6.02. The molecular weight excluding hydrogens is 105 g/mol. The molecule has 48 valence electrons. The van der Waals surface area contributed by atoms with Crippen LogP contribution in [0.15, 0.2) is 0 Å².